The van der Waals surface area contributed by atoms with Crippen molar-refractivity contribution in [3.05, 3.63) is 78.1 Å². The lowest BCUT2D eigenvalue weighted by molar-refractivity contribution is 0.864. The van der Waals surface area contributed by atoms with Gasteiger partial charge in [0.05, 0.1) is 27.5 Å². The number of anilines is 1. The van der Waals surface area contributed by atoms with Crippen molar-refractivity contribution in [3.63, 3.8) is 0 Å². The maximum atomic E-state index is 4.64. The van der Waals surface area contributed by atoms with Gasteiger partial charge >= 0.3 is 0 Å². The van der Waals surface area contributed by atoms with Crippen molar-refractivity contribution in [3.8, 4) is 16.9 Å². The summed E-state index contributed by atoms with van der Waals surface area (Å²) < 4.78 is 3.04. The number of thiazole rings is 1. The number of nitrogens with zero attached hydrogens (tertiary/aromatic N) is 6. The molecule has 0 radical (unpaired) electrons. The smallest absolute Gasteiger partial charge is 0.130 e. The summed E-state index contributed by atoms with van der Waals surface area (Å²) in [5.41, 5.74) is 6.99. The van der Waals surface area contributed by atoms with E-state index in [9.17, 15) is 0 Å². The highest BCUT2D eigenvalue weighted by molar-refractivity contribution is 7.16. The molecule has 0 aliphatic heterocycles. The second kappa shape index (κ2) is 7.64. The third-order valence-corrected chi connectivity index (χ3v) is 5.71. The lowest BCUT2D eigenvalue weighted by Crippen LogP contribution is -2.09. The zero-order valence-corrected chi connectivity index (χ0v) is 17.3. The minimum absolute atomic E-state index is 0.0626. The van der Waals surface area contributed by atoms with E-state index >= 15 is 0 Å². The highest BCUT2D eigenvalue weighted by Crippen LogP contribution is 2.27. The molecule has 0 fully saturated rings. The first-order valence-electron chi connectivity index (χ1n) is 9.56. The number of aromatic nitrogens is 6. The second-order valence-corrected chi connectivity index (χ2v) is 7.94. The Labute approximate surface area is 177 Å². The van der Waals surface area contributed by atoms with E-state index in [0.717, 1.165) is 44.4 Å². The first-order chi connectivity index (χ1) is 14.7. The topological polar surface area (TPSA) is 81.4 Å². The predicted molar refractivity (Wildman–Crippen MR) is 119 cm³/mol. The number of hydrogen-bond acceptors (Lipinski definition) is 7. The molecule has 0 saturated carbocycles. The molecule has 3 aromatic heterocycles. The van der Waals surface area contributed by atoms with Crippen molar-refractivity contribution < 1.29 is 0 Å². The number of nitrogens with one attached hydrogen (secondary N) is 1. The quantitative estimate of drug-likeness (QED) is 0.445. The molecule has 1 unspecified atom stereocenters. The van der Waals surface area contributed by atoms with Crippen molar-refractivity contribution in [2.75, 3.05) is 5.32 Å². The molecule has 0 bridgehead atoms. The van der Waals surface area contributed by atoms with E-state index < -0.39 is 0 Å². The van der Waals surface area contributed by atoms with Crippen molar-refractivity contribution in [1.82, 2.24) is 29.7 Å². The Morgan fingerprint density at radius 1 is 1.00 bits per heavy atom. The van der Waals surface area contributed by atoms with Crippen molar-refractivity contribution in [2.24, 2.45) is 0 Å². The van der Waals surface area contributed by atoms with Crippen molar-refractivity contribution in [1.29, 1.82) is 0 Å². The van der Waals surface area contributed by atoms with E-state index in [1.165, 1.54) is 0 Å². The summed E-state index contributed by atoms with van der Waals surface area (Å²) in [6.45, 7) is 4.03. The molecule has 0 saturated heterocycles. The van der Waals surface area contributed by atoms with E-state index in [1.54, 1.807) is 24.0 Å². The molecule has 1 N–H and O–H groups in total. The van der Waals surface area contributed by atoms with Crippen LogP contribution in [-0.2, 0) is 0 Å². The number of fused-ring (bicyclic) bond motifs is 1. The highest BCUT2D eigenvalue weighted by atomic mass is 32.1. The predicted octanol–water partition coefficient (Wildman–Crippen LogP) is 4.82. The standard InChI is InChI=1S/C22H19N7S/c1-14(16-4-3-5-18(8-16)29-11-24-25-12-29)26-22-10-20(27-15(2)28-22)17-6-7-19-21(9-17)30-13-23-19/h3-14H,1-2H3,(H,26,27,28). The van der Waals surface area contributed by atoms with E-state index in [0.29, 0.717) is 0 Å². The molecule has 3 heterocycles. The van der Waals surface area contributed by atoms with Gasteiger partial charge in [-0.2, -0.15) is 0 Å². The van der Waals surface area contributed by atoms with Crippen LogP contribution >= 0.6 is 11.3 Å². The molecule has 0 aliphatic carbocycles. The van der Waals surface area contributed by atoms with Crippen LogP contribution in [0.1, 0.15) is 24.4 Å². The van der Waals surface area contributed by atoms with E-state index in [-0.39, 0.29) is 6.04 Å². The maximum absolute atomic E-state index is 4.64. The van der Waals surface area contributed by atoms with Gasteiger partial charge in [-0.1, -0.05) is 18.2 Å². The zero-order valence-electron chi connectivity index (χ0n) is 16.5. The average molecular weight is 414 g/mol. The molecule has 1 atom stereocenters. The van der Waals surface area contributed by atoms with Gasteiger partial charge in [0, 0.05) is 17.3 Å². The fourth-order valence-electron chi connectivity index (χ4n) is 3.40. The van der Waals surface area contributed by atoms with Crippen molar-refractivity contribution >= 4 is 27.4 Å². The van der Waals surface area contributed by atoms with Crippen LogP contribution in [0.2, 0.25) is 0 Å². The Kier molecular flexibility index (Phi) is 4.68. The summed E-state index contributed by atoms with van der Waals surface area (Å²) in [6, 6.07) is 16.6. The van der Waals surface area contributed by atoms with Crippen LogP contribution < -0.4 is 5.32 Å². The Morgan fingerprint density at radius 3 is 2.73 bits per heavy atom. The summed E-state index contributed by atoms with van der Waals surface area (Å²) in [6.07, 6.45) is 3.38. The van der Waals surface area contributed by atoms with Crippen LogP contribution in [0.25, 0.3) is 27.2 Å². The monoisotopic (exact) mass is 413 g/mol. The van der Waals surface area contributed by atoms with Gasteiger partial charge < -0.3 is 5.32 Å². The van der Waals surface area contributed by atoms with E-state index in [1.807, 2.05) is 41.3 Å². The molecule has 30 heavy (non-hydrogen) atoms. The van der Waals surface area contributed by atoms with Gasteiger partial charge in [-0.15, -0.1) is 21.5 Å². The molecular weight excluding hydrogens is 394 g/mol. The molecule has 8 heteroatoms. The Hall–Kier alpha value is -3.65. The van der Waals surface area contributed by atoms with Gasteiger partial charge in [0.2, 0.25) is 0 Å². The third-order valence-electron chi connectivity index (χ3n) is 4.92. The van der Waals surface area contributed by atoms with E-state index in [2.05, 4.69) is 61.7 Å². The third kappa shape index (κ3) is 3.65. The van der Waals surface area contributed by atoms with Gasteiger partial charge in [-0.05, 0) is 43.7 Å². The van der Waals surface area contributed by atoms with Gasteiger partial charge in [0.1, 0.15) is 24.3 Å². The first-order valence-corrected chi connectivity index (χ1v) is 10.4. The normalized spacial score (nSPS) is 12.2. The SMILES string of the molecule is Cc1nc(NC(C)c2cccc(-n3cnnc3)c2)cc(-c2ccc3ncsc3c2)n1. The summed E-state index contributed by atoms with van der Waals surface area (Å²) in [7, 11) is 0. The molecule has 0 aliphatic rings. The Balaban J connectivity index is 1.43. The molecule has 2 aromatic carbocycles. The molecule has 5 rings (SSSR count). The van der Waals surface area contributed by atoms with Crippen LogP contribution in [0.3, 0.4) is 0 Å². The van der Waals surface area contributed by atoms with Gasteiger partial charge in [0.25, 0.3) is 0 Å². The summed E-state index contributed by atoms with van der Waals surface area (Å²) >= 11 is 1.63. The minimum atomic E-state index is 0.0626. The molecular formula is C22H19N7S. The van der Waals surface area contributed by atoms with Gasteiger partial charge in [-0.3, -0.25) is 4.57 Å². The maximum Gasteiger partial charge on any atom is 0.130 e. The number of rotatable bonds is 5. The molecule has 148 valence electrons. The van der Waals surface area contributed by atoms with Crippen molar-refractivity contribution in [2.45, 2.75) is 19.9 Å². The number of hydrogen-bond donors (Lipinski definition) is 1. The molecule has 7 nitrogen and oxygen atoms in total. The lowest BCUT2D eigenvalue weighted by atomic mass is 10.1. The summed E-state index contributed by atoms with van der Waals surface area (Å²) in [4.78, 5) is 13.6. The lowest BCUT2D eigenvalue weighted by Gasteiger charge is -2.17. The zero-order chi connectivity index (χ0) is 20.5. The minimum Gasteiger partial charge on any atom is -0.363 e. The number of benzene rings is 2. The number of aryl methyl sites for hydroxylation is 1. The van der Waals surface area contributed by atoms with Gasteiger partial charge in [-0.25, -0.2) is 15.0 Å². The van der Waals surface area contributed by atoms with E-state index in [4.69, 9.17) is 0 Å². The first kappa shape index (κ1) is 18.4. The fraction of sp³-hybridized carbons (Fsp3) is 0.136. The highest BCUT2D eigenvalue weighted by Gasteiger charge is 2.11. The Morgan fingerprint density at radius 2 is 1.87 bits per heavy atom. The Bertz CT molecular complexity index is 1310. The van der Waals surface area contributed by atoms with Crippen LogP contribution in [0.4, 0.5) is 5.82 Å². The van der Waals surface area contributed by atoms with Crippen LogP contribution in [0, 0.1) is 6.92 Å². The fourth-order valence-corrected chi connectivity index (χ4v) is 4.11. The second-order valence-electron chi connectivity index (χ2n) is 7.05. The molecule has 0 spiro atoms. The van der Waals surface area contributed by atoms with Gasteiger partial charge in [0.15, 0.2) is 0 Å². The molecule has 0 amide bonds. The van der Waals surface area contributed by atoms with Crippen LogP contribution in [0.5, 0.6) is 0 Å². The largest absolute Gasteiger partial charge is 0.363 e. The summed E-state index contributed by atoms with van der Waals surface area (Å²) in [5, 5.41) is 11.3. The van der Waals surface area contributed by atoms with Crippen LogP contribution in [0.15, 0.2) is 66.7 Å². The summed E-state index contributed by atoms with van der Waals surface area (Å²) in [5.74, 6) is 1.52. The average Bonchev–Trinajstić information content (AvgIpc) is 3.45. The van der Waals surface area contributed by atoms with Crippen LogP contribution in [-0.4, -0.2) is 29.7 Å². The molecule has 5 aromatic rings.